The molecule has 0 rings (SSSR count). The molecule has 0 atom stereocenters. The van der Waals surface area contributed by atoms with Crippen LogP contribution in [0.5, 0.6) is 0 Å². The summed E-state index contributed by atoms with van der Waals surface area (Å²) in [4.78, 5) is 32.6. The second-order valence-corrected chi connectivity index (χ2v) is 4.15. The van der Waals surface area contributed by atoms with Crippen LogP contribution < -0.4 is 0 Å². The summed E-state index contributed by atoms with van der Waals surface area (Å²) in [6, 6.07) is 0. The van der Waals surface area contributed by atoms with Crippen molar-refractivity contribution in [1.82, 2.24) is 0 Å². The molecular weight excluding hydrogens is 200 g/mol. The van der Waals surface area contributed by atoms with Crippen LogP contribution in [0.15, 0.2) is 0 Å². The van der Waals surface area contributed by atoms with Crippen LogP contribution >= 0.6 is 0 Å². The molecule has 0 N–H and O–H groups in total. The van der Waals surface area contributed by atoms with Gasteiger partial charge in [0.25, 0.3) is 0 Å². The molecule has 0 aliphatic carbocycles. The molecule has 0 fully saturated rings. The Morgan fingerprint density at radius 2 is 1.47 bits per heavy atom. The number of rotatable bonds is 4. The van der Waals surface area contributed by atoms with Crippen LogP contribution in [-0.4, -0.2) is 30.9 Å². The highest BCUT2D eigenvalue weighted by Crippen LogP contribution is 2.14. The van der Waals surface area contributed by atoms with Crippen molar-refractivity contribution in [2.45, 2.75) is 27.7 Å². The van der Waals surface area contributed by atoms with Crippen LogP contribution in [0.4, 0.5) is 0 Å². The quantitative estimate of drug-likeness (QED) is 0.647. The maximum atomic E-state index is 11.2. The van der Waals surface area contributed by atoms with Crippen molar-refractivity contribution in [3.8, 4) is 0 Å². The van der Waals surface area contributed by atoms with Gasteiger partial charge in [0, 0.05) is 6.92 Å². The molecule has 0 aromatic carbocycles. The average Bonchev–Trinajstić information content (AvgIpc) is 2.09. The third-order valence-electron chi connectivity index (χ3n) is 1.41. The molecule has 0 aliphatic rings. The first-order valence-corrected chi connectivity index (χ1v) is 4.56. The van der Waals surface area contributed by atoms with Gasteiger partial charge in [-0.15, -0.1) is 0 Å². The van der Waals surface area contributed by atoms with Crippen LogP contribution in [0.1, 0.15) is 27.7 Å². The zero-order valence-corrected chi connectivity index (χ0v) is 9.46. The largest absolute Gasteiger partial charge is 0.458 e. The minimum absolute atomic E-state index is 0.354. The van der Waals surface area contributed by atoms with E-state index in [1.807, 2.05) is 0 Å². The van der Waals surface area contributed by atoms with Crippen LogP contribution in [0, 0.1) is 5.41 Å². The van der Waals surface area contributed by atoms with Crippen LogP contribution in [0.25, 0.3) is 0 Å². The minimum Gasteiger partial charge on any atom is -0.458 e. The second kappa shape index (κ2) is 5.48. The maximum absolute atomic E-state index is 11.2. The highest BCUT2D eigenvalue weighted by atomic mass is 16.6. The van der Waals surface area contributed by atoms with Crippen molar-refractivity contribution in [2.75, 3.05) is 13.2 Å². The Kier molecular flexibility index (Phi) is 4.97. The number of esters is 2. The average molecular weight is 216 g/mol. The van der Waals surface area contributed by atoms with Gasteiger partial charge in [-0.05, 0) is 20.8 Å². The molecule has 5 heteroatoms. The van der Waals surface area contributed by atoms with Crippen LogP contribution in [-0.2, 0) is 23.9 Å². The van der Waals surface area contributed by atoms with Crippen LogP contribution in [0.2, 0.25) is 0 Å². The maximum Gasteiger partial charge on any atom is 0.311 e. The smallest absolute Gasteiger partial charge is 0.311 e. The third kappa shape index (κ3) is 6.65. The van der Waals surface area contributed by atoms with Gasteiger partial charge >= 0.3 is 11.9 Å². The standard InChI is InChI=1S/C10H16O5/c1-7(11)14-5-8(12)6-15-9(13)10(2,3)4/h5-6H2,1-4H3. The Morgan fingerprint density at radius 3 is 1.87 bits per heavy atom. The summed E-state index contributed by atoms with van der Waals surface area (Å²) in [6.07, 6.45) is 0. The lowest BCUT2D eigenvalue weighted by Gasteiger charge is -2.15. The zero-order valence-electron chi connectivity index (χ0n) is 9.46. The molecule has 0 aliphatic heterocycles. The fraction of sp³-hybridized carbons (Fsp3) is 0.700. The Bertz CT molecular complexity index is 261. The summed E-state index contributed by atoms with van der Waals surface area (Å²) in [5.74, 6) is -1.44. The number of hydrogen-bond acceptors (Lipinski definition) is 5. The molecule has 0 saturated carbocycles. The van der Waals surface area contributed by atoms with Crippen molar-refractivity contribution in [2.24, 2.45) is 5.41 Å². The van der Waals surface area contributed by atoms with Gasteiger partial charge in [-0.3, -0.25) is 14.4 Å². The first kappa shape index (κ1) is 13.6. The third-order valence-corrected chi connectivity index (χ3v) is 1.41. The van der Waals surface area contributed by atoms with E-state index in [0.29, 0.717) is 0 Å². The summed E-state index contributed by atoms with van der Waals surface area (Å²) < 4.78 is 9.16. The summed E-state index contributed by atoms with van der Waals surface area (Å²) in [6.45, 7) is 5.55. The molecule has 0 aromatic heterocycles. The van der Waals surface area contributed by atoms with E-state index in [9.17, 15) is 14.4 Å². The topological polar surface area (TPSA) is 69.7 Å². The second-order valence-electron chi connectivity index (χ2n) is 4.15. The predicted molar refractivity (Wildman–Crippen MR) is 52.1 cm³/mol. The first-order chi connectivity index (χ1) is 6.73. The lowest BCUT2D eigenvalue weighted by Crippen LogP contribution is -2.27. The Balaban J connectivity index is 3.82. The molecule has 0 saturated heterocycles. The number of Topliss-reactive ketones (excluding diaryl/α,β-unsaturated/α-hetero) is 1. The van der Waals surface area contributed by atoms with Gasteiger partial charge in [0.2, 0.25) is 5.78 Å². The Morgan fingerprint density at radius 1 is 1.00 bits per heavy atom. The van der Waals surface area contributed by atoms with Crippen LogP contribution in [0.3, 0.4) is 0 Å². The SMILES string of the molecule is CC(=O)OCC(=O)COC(=O)C(C)(C)C. The van der Waals surface area contributed by atoms with E-state index >= 15 is 0 Å². The van der Waals surface area contributed by atoms with Gasteiger partial charge < -0.3 is 9.47 Å². The predicted octanol–water partition coefficient (Wildman–Crippen LogP) is 0.708. The van der Waals surface area contributed by atoms with Crippen molar-refractivity contribution < 1.29 is 23.9 Å². The Labute approximate surface area is 88.7 Å². The molecule has 86 valence electrons. The van der Waals surface area contributed by atoms with Gasteiger partial charge in [0.15, 0.2) is 13.2 Å². The van der Waals surface area contributed by atoms with E-state index in [-0.39, 0.29) is 13.2 Å². The number of ketones is 1. The van der Waals surface area contributed by atoms with Crippen molar-refractivity contribution in [1.29, 1.82) is 0 Å². The fourth-order valence-corrected chi connectivity index (χ4v) is 0.586. The van der Waals surface area contributed by atoms with Gasteiger partial charge in [-0.1, -0.05) is 0 Å². The van der Waals surface area contributed by atoms with E-state index < -0.39 is 23.1 Å². The Hall–Kier alpha value is -1.39. The summed E-state index contributed by atoms with van der Waals surface area (Å²) in [5, 5.41) is 0. The molecule has 0 unspecified atom stereocenters. The summed E-state index contributed by atoms with van der Waals surface area (Å²) in [5.41, 5.74) is -0.637. The molecule has 0 amide bonds. The molecule has 5 nitrogen and oxygen atoms in total. The summed E-state index contributed by atoms with van der Waals surface area (Å²) >= 11 is 0. The molecule has 0 radical (unpaired) electrons. The van der Waals surface area contributed by atoms with Crippen molar-refractivity contribution in [3.63, 3.8) is 0 Å². The monoisotopic (exact) mass is 216 g/mol. The van der Waals surface area contributed by atoms with E-state index in [2.05, 4.69) is 4.74 Å². The molecule has 15 heavy (non-hydrogen) atoms. The molecule has 0 spiro atoms. The van der Waals surface area contributed by atoms with Crippen molar-refractivity contribution in [3.05, 3.63) is 0 Å². The highest BCUT2D eigenvalue weighted by Gasteiger charge is 2.23. The van der Waals surface area contributed by atoms with Gasteiger partial charge in [-0.2, -0.15) is 0 Å². The number of carbonyl (C=O) groups excluding carboxylic acids is 3. The van der Waals surface area contributed by atoms with E-state index in [1.54, 1.807) is 20.8 Å². The lowest BCUT2D eigenvalue weighted by atomic mass is 9.97. The fourth-order valence-electron chi connectivity index (χ4n) is 0.586. The highest BCUT2D eigenvalue weighted by molar-refractivity contribution is 5.85. The van der Waals surface area contributed by atoms with Crippen molar-refractivity contribution >= 4 is 17.7 Å². The number of ether oxygens (including phenoxy) is 2. The van der Waals surface area contributed by atoms with E-state index in [1.165, 1.54) is 6.92 Å². The summed E-state index contributed by atoms with van der Waals surface area (Å²) in [7, 11) is 0. The molecule has 0 heterocycles. The lowest BCUT2D eigenvalue weighted by molar-refractivity contribution is -0.157. The van der Waals surface area contributed by atoms with Gasteiger partial charge in [0.1, 0.15) is 0 Å². The minimum atomic E-state index is -0.637. The molecule has 0 bridgehead atoms. The molecule has 0 aromatic rings. The zero-order chi connectivity index (χ0) is 12.1. The van der Waals surface area contributed by atoms with Gasteiger partial charge in [0.05, 0.1) is 5.41 Å². The van der Waals surface area contributed by atoms with Gasteiger partial charge in [-0.25, -0.2) is 0 Å². The van der Waals surface area contributed by atoms with E-state index in [0.717, 1.165) is 0 Å². The van der Waals surface area contributed by atoms with E-state index in [4.69, 9.17) is 4.74 Å². The normalized spacial score (nSPS) is 10.7. The number of hydrogen-bond donors (Lipinski definition) is 0. The first-order valence-electron chi connectivity index (χ1n) is 4.56. The number of carbonyl (C=O) groups is 3. The molecular formula is C10H16O5.